The first-order valence-electron chi connectivity index (χ1n) is 8.08. The number of ether oxygens (including phenoxy) is 1. The highest BCUT2D eigenvalue weighted by Crippen LogP contribution is 2.24. The number of halogens is 2. The van der Waals surface area contributed by atoms with Gasteiger partial charge < -0.3 is 9.15 Å². The summed E-state index contributed by atoms with van der Waals surface area (Å²) in [5.74, 6) is -0.523. The zero-order valence-electron chi connectivity index (χ0n) is 14.8. The van der Waals surface area contributed by atoms with Crippen LogP contribution in [0.15, 0.2) is 28.7 Å². The Morgan fingerprint density at radius 2 is 1.88 bits per heavy atom. The molecule has 1 aromatic carbocycles. The maximum atomic E-state index is 13.4. The van der Waals surface area contributed by atoms with Gasteiger partial charge in [0.1, 0.15) is 17.4 Å². The Kier molecular flexibility index (Phi) is 5.43. The van der Waals surface area contributed by atoms with Crippen LogP contribution in [0.5, 0.6) is 0 Å². The topological polar surface area (TPSA) is 67.2 Å². The van der Waals surface area contributed by atoms with Crippen LogP contribution in [0.25, 0.3) is 11.5 Å². The first kappa shape index (κ1) is 18.2. The number of hydrogen-bond donors (Lipinski definition) is 1. The number of benzene rings is 1. The number of aromatic amines is 1. The molecule has 3 aromatic rings. The minimum atomic E-state index is -0.667. The maximum absolute atomic E-state index is 13.4. The van der Waals surface area contributed by atoms with E-state index in [2.05, 4.69) is 15.2 Å². The van der Waals surface area contributed by atoms with E-state index in [4.69, 9.17) is 9.15 Å². The number of rotatable bonds is 7. The molecule has 8 heteroatoms. The van der Waals surface area contributed by atoms with Gasteiger partial charge in [-0.15, -0.1) is 0 Å². The van der Waals surface area contributed by atoms with Crippen molar-refractivity contribution in [3.05, 3.63) is 58.7 Å². The van der Waals surface area contributed by atoms with E-state index in [1.165, 1.54) is 12.1 Å². The summed E-state index contributed by atoms with van der Waals surface area (Å²) in [5.41, 5.74) is 2.77. The van der Waals surface area contributed by atoms with E-state index < -0.39 is 11.6 Å². The van der Waals surface area contributed by atoms with Crippen LogP contribution in [0.4, 0.5) is 8.78 Å². The average Bonchev–Trinajstić information content (AvgIpc) is 3.14. The average molecular weight is 362 g/mol. The summed E-state index contributed by atoms with van der Waals surface area (Å²) in [5, 5.41) is 7.15. The van der Waals surface area contributed by atoms with Gasteiger partial charge in [0.15, 0.2) is 0 Å². The zero-order valence-corrected chi connectivity index (χ0v) is 14.8. The SMILES string of the molecule is COCc1cc(CN(C)Cc2nc(-c3cc(F)cc(F)c3)oc2C)n[nH]1. The predicted molar refractivity (Wildman–Crippen MR) is 91.1 cm³/mol. The van der Waals surface area contributed by atoms with Gasteiger partial charge in [0.2, 0.25) is 5.89 Å². The maximum Gasteiger partial charge on any atom is 0.226 e. The third-order valence-corrected chi connectivity index (χ3v) is 3.84. The Labute approximate surface area is 149 Å². The minimum absolute atomic E-state index is 0.200. The van der Waals surface area contributed by atoms with Crippen molar-refractivity contribution in [1.82, 2.24) is 20.1 Å². The molecule has 26 heavy (non-hydrogen) atoms. The van der Waals surface area contributed by atoms with E-state index in [0.29, 0.717) is 31.2 Å². The molecule has 0 aliphatic rings. The Bertz CT molecular complexity index is 871. The van der Waals surface area contributed by atoms with E-state index in [1.54, 1.807) is 14.0 Å². The van der Waals surface area contributed by atoms with Gasteiger partial charge in [-0.1, -0.05) is 0 Å². The van der Waals surface area contributed by atoms with Gasteiger partial charge in [-0.25, -0.2) is 13.8 Å². The lowest BCUT2D eigenvalue weighted by Crippen LogP contribution is -2.18. The predicted octanol–water partition coefficient (Wildman–Crippen LogP) is 3.43. The minimum Gasteiger partial charge on any atom is -0.441 e. The van der Waals surface area contributed by atoms with Crippen LogP contribution >= 0.6 is 0 Å². The lowest BCUT2D eigenvalue weighted by Gasteiger charge is -2.13. The summed E-state index contributed by atoms with van der Waals surface area (Å²) >= 11 is 0. The van der Waals surface area contributed by atoms with Crippen molar-refractivity contribution in [2.24, 2.45) is 0 Å². The number of nitrogens with zero attached hydrogens (tertiary/aromatic N) is 3. The van der Waals surface area contributed by atoms with E-state index in [-0.39, 0.29) is 11.5 Å². The molecule has 0 unspecified atom stereocenters. The molecular weight excluding hydrogens is 342 g/mol. The highest BCUT2D eigenvalue weighted by atomic mass is 19.1. The first-order valence-corrected chi connectivity index (χ1v) is 8.08. The molecule has 1 N–H and O–H groups in total. The van der Waals surface area contributed by atoms with Crippen LogP contribution in [-0.4, -0.2) is 34.2 Å². The third-order valence-electron chi connectivity index (χ3n) is 3.84. The zero-order chi connectivity index (χ0) is 18.7. The molecule has 3 rings (SSSR count). The van der Waals surface area contributed by atoms with Crippen molar-refractivity contribution >= 4 is 0 Å². The van der Waals surface area contributed by atoms with Gasteiger partial charge in [-0.3, -0.25) is 10.00 Å². The number of oxazole rings is 1. The molecule has 2 heterocycles. The molecular formula is C18H20F2N4O2. The molecule has 138 valence electrons. The Hall–Kier alpha value is -2.58. The fraction of sp³-hybridized carbons (Fsp3) is 0.333. The first-order chi connectivity index (χ1) is 12.4. The summed E-state index contributed by atoms with van der Waals surface area (Å²) in [6, 6.07) is 5.15. The lowest BCUT2D eigenvalue weighted by atomic mass is 10.2. The molecule has 0 amide bonds. The van der Waals surface area contributed by atoms with Crippen molar-refractivity contribution in [2.75, 3.05) is 14.2 Å². The van der Waals surface area contributed by atoms with Gasteiger partial charge in [0.05, 0.1) is 23.7 Å². The molecule has 0 saturated carbocycles. The van der Waals surface area contributed by atoms with Crippen molar-refractivity contribution < 1.29 is 17.9 Å². The second-order valence-electron chi connectivity index (χ2n) is 6.17. The van der Waals surface area contributed by atoms with Crippen molar-refractivity contribution in [3.63, 3.8) is 0 Å². The molecule has 0 fully saturated rings. The molecule has 0 spiro atoms. The summed E-state index contributed by atoms with van der Waals surface area (Å²) in [7, 11) is 3.56. The molecule has 0 saturated heterocycles. The molecule has 0 aliphatic carbocycles. The van der Waals surface area contributed by atoms with Crippen LogP contribution in [-0.2, 0) is 24.4 Å². The molecule has 0 aliphatic heterocycles. The highest BCUT2D eigenvalue weighted by molar-refractivity contribution is 5.53. The molecule has 6 nitrogen and oxygen atoms in total. The van der Waals surface area contributed by atoms with Crippen molar-refractivity contribution in [3.8, 4) is 11.5 Å². The fourth-order valence-electron chi connectivity index (χ4n) is 2.68. The van der Waals surface area contributed by atoms with Crippen molar-refractivity contribution in [2.45, 2.75) is 26.6 Å². The Morgan fingerprint density at radius 1 is 1.15 bits per heavy atom. The summed E-state index contributed by atoms with van der Waals surface area (Å²) < 4.78 is 37.4. The Balaban J connectivity index is 1.70. The molecule has 0 radical (unpaired) electrons. The number of methoxy groups -OCH3 is 1. The number of hydrogen-bond acceptors (Lipinski definition) is 5. The molecule has 0 atom stereocenters. The number of nitrogens with one attached hydrogen (secondary N) is 1. The van der Waals surface area contributed by atoms with Gasteiger partial charge in [-0.2, -0.15) is 5.10 Å². The second-order valence-corrected chi connectivity index (χ2v) is 6.17. The Morgan fingerprint density at radius 3 is 2.58 bits per heavy atom. The number of H-pyrrole nitrogens is 1. The van der Waals surface area contributed by atoms with Crippen LogP contribution in [0.1, 0.15) is 22.8 Å². The monoisotopic (exact) mass is 362 g/mol. The van der Waals surface area contributed by atoms with Crippen LogP contribution in [0, 0.1) is 18.6 Å². The molecule has 2 aromatic heterocycles. The highest BCUT2D eigenvalue weighted by Gasteiger charge is 2.15. The van der Waals surface area contributed by atoms with Crippen LogP contribution in [0.3, 0.4) is 0 Å². The normalized spacial score (nSPS) is 11.5. The summed E-state index contributed by atoms with van der Waals surface area (Å²) in [6.45, 7) is 3.38. The number of aryl methyl sites for hydroxylation is 1. The summed E-state index contributed by atoms with van der Waals surface area (Å²) in [6.07, 6.45) is 0. The largest absolute Gasteiger partial charge is 0.441 e. The van der Waals surface area contributed by atoms with E-state index in [1.807, 2.05) is 18.0 Å². The van der Waals surface area contributed by atoms with E-state index in [0.717, 1.165) is 17.5 Å². The fourth-order valence-corrected chi connectivity index (χ4v) is 2.68. The van der Waals surface area contributed by atoms with Crippen LogP contribution < -0.4 is 0 Å². The van der Waals surface area contributed by atoms with Gasteiger partial charge >= 0.3 is 0 Å². The third kappa shape index (κ3) is 4.33. The van der Waals surface area contributed by atoms with Gasteiger partial charge in [0, 0.05) is 31.8 Å². The smallest absolute Gasteiger partial charge is 0.226 e. The van der Waals surface area contributed by atoms with E-state index in [9.17, 15) is 8.78 Å². The van der Waals surface area contributed by atoms with Crippen molar-refractivity contribution in [1.29, 1.82) is 0 Å². The van der Waals surface area contributed by atoms with Crippen LogP contribution in [0.2, 0.25) is 0 Å². The standard InChI is InChI=1S/C18H20F2N4O2/c1-11-17(9-24(2)8-15-7-16(10-25-3)23-22-15)21-18(26-11)12-4-13(19)6-14(20)5-12/h4-7H,8-10H2,1-3H3,(H,22,23). The number of aromatic nitrogens is 3. The van der Waals surface area contributed by atoms with Gasteiger partial charge in [0.25, 0.3) is 0 Å². The quantitative estimate of drug-likeness (QED) is 0.697. The van der Waals surface area contributed by atoms with Gasteiger partial charge in [-0.05, 0) is 32.2 Å². The summed E-state index contributed by atoms with van der Waals surface area (Å²) in [4.78, 5) is 6.41. The van der Waals surface area contributed by atoms with E-state index >= 15 is 0 Å². The lowest BCUT2D eigenvalue weighted by molar-refractivity contribution is 0.181. The molecule has 0 bridgehead atoms. The second kappa shape index (κ2) is 7.76.